The maximum Gasteiger partial charge on any atom is 0.261 e. The molecule has 4 rings (SSSR count). The first-order chi connectivity index (χ1) is 14.5. The molecule has 2 heterocycles. The van der Waals surface area contributed by atoms with Gasteiger partial charge in [0.1, 0.15) is 11.4 Å². The molecule has 1 amide bonds. The highest BCUT2D eigenvalue weighted by molar-refractivity contribution is 7.15. The summed E-state index contributed by atoms with van der Waals surface area (Å²) in [5.74, 6) is 0.524. The number of carbonyl (C=O) groups is 1. The van der Waals surface area contributed by atoms with Crippen LogP contribution in [-0.2, 0) is 6.54 Å². The number of carbonyl (C=O) groups excluding carboxylic acids is 1. The van der Waals surface area contributed by atoms with Gasteiger partial charge in [0.05, 0.1) is 24.9 Å². The van der Waals surface area contributed by atoms with Crippen molar-refractivity contribution in [2.45, 2.75) is 20.4 Å². The number of amides is 1. The zero-order chi connectivity index (χ0) is 21.1. The molecule has 7 heteroatoms. The topological polar surface area (TPSA) is 69.0 Å². The van der Waals surface area contributed by atoms with E-state index in [0.717, 1.165) is 27.4 Å². The maximum absolute atomic E-state index is 13.1. The summed E-state index contributed by atoms with van der Waals surface area (Å²) in [6.45, 7) is 4.50. The summed E-state index contributed by atoms with van der Waals surface area (Å²) in [6, 6.07) is 17.6. The molecule has 0 aliphatic heterocycles. The minimum Gasteiger partial charge on any atom is -0.497 e. The fourth-order valence-corrected chi connectivity index (χ4v) is 3.90. The summed E-state index contributed by atoms with van der Waals surface area (Å²) < 4.78 is 7.04. The molecule has 0 aliphatic rings. The molecule has 4 aromatic rings. The van der Waals surface area contributed by atoms with Crippen LogP contribution in [0.15, 0.2) is 60.8 Å². The zero-order valence-corrected chi connectivity index (χ0v) is 17.9. The highest BCUT2D eigenvalue weighted by Crippen LogP contribution is 2.27. The van der Waals surface area contributed by atoms with Crippen molar-refractivity contribution in [2.24, 2.45) is 0 Å². The molecule has 0 fully saturated rings. The van der Waals surface area contributed by atoms with Gasteiger partial charge in [0, 0.05) is 16.6 Å². The lowest BCUT2D eigenvalue weighted by Crippen LogP contribution is -2.12. The Morgan fingerprint density at radius 1 is 1.10 bits per heavy atom. The lowest BCUT2D eigenvalue weighted by molar-refractivity contribution is 0.102. The summed E-state index contributed by atoms with van der Waals surface area (Å²) in [6.07, 6.45) is 1.79. The van der Waals surface area contributed by atoms with Crippen LogP contribution >= 0.6 is 11.3 Å². The molecule has 1 N–H and O–H groups in total. The van der Waals surface area contributed by atoms with Crippen molar-refractivity contribution < 1.29 is 9.53 Å². The zero-order valence-electron chi connectivity index (χ0n) is 17.0. The van der Waals surface area contributed by atoms with Crippen molar-refractivity contribution in [1.29, 1.82) is 0 Å². The van der Waals surface area contributed by atoms with Crippen LogP contribution in [0.25, 0.3) is 11.3 Å². The first-order valence-electron chi connectivity index (χ1n) is 9.54. The quantitative estimate of drug-likeness (QED) is 0.482. The molecule has 30 heavy (non-hydrogen) atoms. The fourth-order valence-electron chi connectivity index (χ4n) is 3.09. The Hall–Kier alpha value is -3.45. The van der Waals surface area contributed by atoms with E-state index < -0.39 is 0 Å². The number of benzene rings is 2. The molecule has 0 aliphatic carbocycles. The first-order valence-corrected chi connectivity index (χ1v) is 10.4. The van der Waals surface area contributed by atoms with E-state index in [0.29, 0.717) is 22.9 Å². The number of rotatable bonds is 6. The van der Waals surface area contributed by atoms with Gasteiger partial charge < -0.3 is 4.74 Å². The molecular weight excluding hydrogens is 396 g/mol. The van der Waals surface area contributed by atoms with Crippen molar-refractivity contribution in [3.05, 3.63) is 82.5 Å². The van der Waals surface area contributed by atoms with Gasteiger partial charge in [-0.1, -0.05) is 30.3 Å². The van der Waals surface area contributed by atoms with Gasteiger partial charge in [-0.2, -0.15) is 5.10 Å². The van der Waals surface area contributed by atoms with Gasteiger partial charge >= 0.3 is 0 Å². The van der Waals surface area contributed by atoms with Gasteiger partial charge in [-0.25, -0.2) is 4.98 Å². The number of nitrogens with one attached hydrogen (secondary N) is 1. The van der Waals surface area contributed by atoms with Gasteiger partial charge in [0.2, 0.25) is 0 Å². The van der Waals surface area contributed by atoms with E-state index in [1.165, 1.54) is 11.3 Å². The second-order valence-corrected chi connectivity index (χ2v) is 8.12. The maximum atomic E-state index is 13.1. The number of hydrogen-bond acceptors (Lipinski definition) is 5. The fraction of sp³-hybridized carbons (Fsp3) is 0.174. The van der Waals surface area contributed by atoms with Crippen molar-refractivity contribution in [3.8, 4) is 17.0 Å². The number of hydrogen-bond donors (Lipinski definition) is 1. The Labute approximate surface area is 179 Å². The van der Waals surface area contributed by atoms with Gasteiger partial charge in [0.25, 0.3) is 5.91 Å². The van der Waals surface area contributed by atoms with Crippen molar-refractivity contribution in [2.75, 3.05) is 12.4 Å². The number of anilines is 1. The van der Waals surface area contributed by atoms with E-state index in [1.807, 2.05) is 68.4 Å². The Balaban J connectivity index is 1.69. The van der Waals surface area contributed by atoms with E-state index in [9.17, 15) is 4.79 Å². The summed E-state index contributed by atoms with van der Waals surface area (Å²) >= 11 is 1.47. The van der Waals surface area contributed by atoms with Crippen LogP contribution in [0.4, 0.5) is 5.13 Å². The summed E-state index contributed by atoms with van der Waals surface area (Å²) in [5, 5.41) is 8.22. The van der Waals surface area contributed by atoms with Gasteiger partial charge in [-0.15, -0.1) is 11.3 Å². The van der Waals surface area contributed by atoms with Gasteiger partial charge in [-0.3, -0.25) is 14.8 Å². The molecular formula is C23H22N4O2S. The predicted octanol–water partition coefficient (Wildman–Crippen LogP) is 4.93. The average molecular weight is 419 g/mol. The van der Waals surface area contributed by atoms with Gasteiger partial charge in [-0.05, 0) is 43.7 Å². The van der Waals surface area contributed by atoms with Crippen molar-refractivity contribution >= 4 is 22.4 Å². The van der Waals surface area contributed by atoms with Crippen LogP contribution in [0.1, 0.15) is 26.5 Å². The Morgan fingerprint density at radius 2 is 1.83 bits per heavy atom. The first kappa shape index (κ1) is 19.8. The van der Waals surface area contributed by atoms with Crippen LogP contribution in [0.5, 0.6) is 5.75 Å². The monoisotopic (exact) mass is 418 g/mol. The number of aryl methyl sites for hydroxylation is 2. The number of nitrogens with zero attached hydrogens (tertiary/aromatic N) is 3. The number of thiazole rings is 1. The molecule has 2 aromatic heterocycles. The summed E-state index contributed by atoms with van der Waals surface area (Å²) in [7, 11) is 1.63. The lowest BCUT2D eigenvalue weighted by atomic mass is 10.1. The number of ether oxygens (including phenoxy) is 1. The molecule has 0 spiro atoms. The van der Waals surface area contributed by atoms with E-state index >= 15 is 0 Å². The largest absolute Gasteiger partial charge is 0.497 e. The molecule has 0 radical (unpaired) electrons. The molecule has 0 saturated heterocycles. The third-order valence-corrected chi connectivity index (χ3v) is 5.79. The second kappa shape index (κ2) is 8.51. The Bertz CT molecular complexity index is 1140. The lowest BCUT2D eigenvalue weighted by Gasteiger charge is -2.04. The average Bonchev–Trinajstić information content (AvgIpc) is 3.31. The highest BCUT2D eigenvalue weighted by Gasteiger charge is 2.20. The second-order valence-electron chi connectivity index (χ2n) is 6.92. The number of methoxy groups -OCH3 is 1. The van der Waals surface area contributed by atoms with Crippen LogP contribution < -0.4 is 10.1 Å². The summed E-state index contributed by atoms with van der Waals surface area (Å²) in [4.78, 5) is 18.6. The minimum absolute atomic E-state index is 0.228. The van der Waals surface area contributed by atoms with E-state index in [4.69, 9.17) is 9.84 Å². The number of aromatic nitrogens is 3. The van der Waals surface area contributed by atoms with Crippen LogP contribution in [0.2, 0.25) is 0 Å². The van der Waals surface area contributed by atoms with Gasteiger partial charge in [0.15, 0.2) is 5.13 Å². The van der Waals surface area contributed by atoms with E-state index in [2.05, 4.69) is 10.3 Å². The molecule has 2 aromatic carbocycles. The Kier molecular flexibility index (Phi) is 5.63. The molecule has 0 unspecified atom stereocenters. The standard InChI is InChI=1S/C23H22N4O2S/c1-15-16(2)30-23(24-15)25-22(28)20-14-27(13-17-7-5-4-6-8-17)26-21(20)18-9-11-19(29-3)12-10-18/h4-12,14H,13H2,1-3H3,(H,24,25,28). The summed E-state index contributed by atoms with van der Waals surface area (Å²) in [5.41, 5.74) is 4.00. The van der Waals surface area contributed by atoms with Crippen LogP contribution in [0, 0.1) is 13.8 Å². The molecule has 6 nitrogen and oxygen atoms in total. The SMILES string of the molecule is COc1ccc(-c2nn(Cc3ccccc3)cc2C(=O)Nc2nc(C)c(C)s2)cc1. The molecule has 0 bridgehead atoms. The van der Waals surface area contributed by atoms with Crippen molar-refractivity contribution in [1.82, 2.24) is 14.8 Å². The third-order valence-electron chi connectivity index (χ3n) is 4.81. The minimum atomic E-state index is -0.228. The Morgan fingerprint density at radius 3 is 2.47 bits per heavy atom. The third kappa shape index (κ3) is 4.26. The normalized spacial score (nSPS) is 10.8. The molecule has 0 atom stereocenters. The smallest absolute Gasteiger partial charge is 0.261 e. The van der Waals surface area contributed by atoms with E-state index in [-0.39, 0.29) is 5.91 Å². The van der Waals surface area contributed by atoms with Crippen molar-refractivity contribution in [3.63, 3.8) is 0 Å². The predicted molar refractivity (Wildman–Crippen MR) is 119 cm³/mol. The highest BCUT2D eigenvalue weighted by atomic mass is 32.1. The van der Waals surface area contributed by atoms with Crippen LogP contribution in [-0.4, -0.2) is 27.8 Å². The van der Waals surface area contributed by atoms with Crippen LogP contribution in [0.3, 0.4) is 0 Å². The molecule has 152 valence electrons. The molecule has 0 saturated carbocycles. The van der Waals surface area contributed by atoms with E-state index in [1.54, 1.807) is 18.0 Å².